The lowest BCUT2D eigenvalue weighted by Crippen LogP contribution is -2.50. The summed E-state index contributed by atoms with van der Waals surface area (Å²) in [6.07, 6.45) is 4.41. The summed E-state index contributed by atoms with van der Waals surface area (Å²) in [7, 11) is 1.84. The van der Waals surface area contributed by atoms with Crippen LogP contribution in [0.1, 0.15) is 43.6 Å². The molecule has 2 bridgehead atoms. The number of fused-ring (bicyclic) bond motifs is 3. The maximum atomic E-state index is 13.4. The van der Waals surface area contributed by atoms with Gasteiger partial charge in [-0.25, -0.2) is 4.39 Å². The van der Waals surface area contributed by atoms with Crippen molar-refractivity contribution in [2.24, 2.45) is 0 Å². The molecule has 2 amide bonds. The van der Waals surface area contributed by atoms with Gasteiger partial charge in [0, 0.05) is 37.3 Å². The van der Waals surface area contributed by atoms with Crippen molar-refractivity contribution in [3.8, 4) is 0 Å². The van der Waals surface area contributed by atoms with Gasteiger partial charge in [-0.15, -0.1) is 0 Å². The van der Waals surface area contributed by atoms with Gasteiger partial charge in [-0.05, 0) is 43.4 Å². The zero-order valence-corrected chi connectivity index (χ0v) is 13.7. The second kappa shape index (κ2) is 5.84. The Morgan fingerprint density at radius 1 is 1.25 bits per heavy atom. The summed E-state index contributed by atoms with van der Waals surface area (Å²) < 4.78 is 13.4. The van der Waals surface area contributed by atoms with Crippen LogP contribution in [0.5, 0.6) is 0 Å². The summed E-state index contributed by atoms with van der Waals surface area (Å²) in [5.41, 5.74) is 1.13. The third-order valence-electron chi connectivity index (χ3n) is 5.70. The normalized spacial score (nSPS) is 31.3. The molecule has 24 heavy (non-hydrogen) atoms. The average Bonchev–Trinajstić information content (AvgIpc) is 2.90. The molecule has 128 valence electrons. The van der Waals surface area contributed by atoms with Crippen LogP contribution in [0.2, 0.25) is 0 Å². The highest BCUT2D eigenvalue weighted by Gasteiger charge is 2.39. The molecule has 0 aromatic heterocycles. The van der Waals surface area contributed by atoms with Crippen LogP contribution < -0.4 is 10.6 Å². The molecule has 0 spiro atoms. The van der Waals surface area contributed by atoms with E-state index in [0.29, 0.717) is 23.3 Å². The van der Waals surface area contributed by atoms with E-state index in [2.05, 4.69) is 10.6 Å². The van der Waals surface area contributed by atoms with Crippen molar-refractivity contribution in [3.63, 3.8) is 0 Å². The molecule has 3 aliphatic rings. The first-order chi connectivity index (χ1) is 11.5. The standard InChI is InChI=1S/C18H22FN3O2/c1-22(13-7-11-3-4-12(8-13)20-11)18(24)15-9-17(23)21-16-6-10(19)2-5-14(15)16/h2,5-6,11-13,15,20H,3-4,7-9H2,1H3,(H,21,23). The van der Waals surface area contributed by atoms with Crippen molar-refractivity contribution in [1.29, 1.82) is 0 Å². The van der Waals surface area contributed by atoms with Crippen molar-refractivity contribution in [2.75, 3.05) is 12.4 Å². The fourth-order valence-electron chi connectivity index (χ4n) is 4.43. The van der Waals surface area contributed by atoms with E-state index in [1.165, 1.54) is 25.0 Å². The summed E-state index contributed by atoms with van der Waals surface area (Å²) in [5.74, 6) is -1.20. The van der Waals surface area contributed by atoms with Crippen LogP contribution in [0.3, 0.4) is 0 Å². The van der Waals surface area contributed by atoms with Gasteiger partial charge in [-0.2, -0.15) is 0 Å². The molecule has 3 atom stereocenters. The summed E-state index contributed by atoms with van der Waals surface area (Å²) in [4.78, 5) is 26.8. The van der Waals surface area contributed by atoms with E-state index in [9.17, 15) is 14.0 Å². The fourth-order valence-corrected chi connectivity index (χ4v) is 4.43. The second-order valence-electron chi connectivity index (χ2n) is 7.25. The van der Waals surface area contributed by atoms with Gasteiger partial charge >= 0.3 is 0 Å². The number of rotatable bonds is 2. The molecule has 0 aliphatic carbocycles. The number of carbonyl (C=O) groups is 2. The second-order valence-corrected chi connectivity index (χ2v) is 7.25. The maximum Gasteiger partial charge on any atom is 0.230 e. The number of piperidine rings is 1. The van der Waals surface area contributed by atoms with E-state index in [0.717, 1.165) is 12.8 Å². The van der Waals surface area contributed by atoms with Gasteiger partial charge in [0.15, 0.2) is 0 Å². The third-order valence-corrected chi connectivity index (χ3v) is 5.70. The number of carbonyl (C=O) groups excluding carboxylic acids is 2. The number of nitrogens with one attached hydrogen (secondary N) is 2. The van der Waals surface area contributed by atoms with Gasteiger partial charge in [0.2, 0.25) is 11.8 Å². The van der Waals surface area contributed by atoms with Gasteiger partial charge in [0.1, 0.15) is 5.82 Å². The topological polar surface area (TPSA) is 61.4 Å². The van der Waals surface area contributed by atoms with Crippen LogP contribution in [0, 0.1) is 5.82 Å². The molecule has 3 heterocycles. The Kier molecular flexibility index (Phi) is 3.79. The highest BCUT2D eigenvalue weighted by Crippen LogP contribution is 2.36. The Hall–Kier alpha value is -1.95. The van der Waals surface area contributed by atoms with Crippen LogP contribution >= 0.6 is 0 Å². The van der Waals surface area contributed by atoms with Crippen molar-refractivity contribution in [3.05, 3.63) is 29.6 Å². The number of likely N-dealkylation sites (N-methyl/N-ethyl adjacent to an activating group) is 1. The molecule has 3 aliphatic heterocycles. The minimum absolute atomic E-state index is 0.0380. The number of nitrogens with zero attached hydrogens (tertiary/aromatic N) is 1. The minimum Gasteiger partial charge on any atom is -0.342 e. The van der Waals surface area contributed by atoms with Crippen LogP contribution in [0.4, 0.5) is 10.1 Å². The predicted octanol–water partition coefficient (Wildman–Crippen LogP) is 1.99. The molecule has 4 rings (SSSR count). The largest absolute Gasteiger partial charge is 0.342 e. The zero-order valence-electron chi connectivity index (χ0n) is 13.7. The Morgan fingerprint density at radius 2 is 1.96 bits per heavy atom. The molecule has 6 heteroatoms. The summed E-state index contributed by atoms with van der Waals surface area (Å²) >= 11 is 0. The van der Waals surface area contributed by atoms with Crippen LogP contribution in [-0.4, -0.2) is 41.9 Å². The Balaban J connectivity index is 1.57. The van der Waals surface area contributed by atoms with E-state index in [1.54, 1.807) is 6.07 Å². The number of amides is 2. The Bertz CT molecular complexity index is 681. The molecule has 2 fully saturated rings. The number of hydrogen-bond acceptors (Lipinski definition) is 3. The number of halogens is 1. The maximum absolute atomic E-state index is 13.4. The highest BCUT2D eigenvalue weighted by molar-refractivity contribution is 6.01. The van der Waals surface area contributed by atoms with Gasteiger partial charge in [0.25, 0.3) is 0 Å². The van der Waals surface area contributed by atoms with Crippen molar-refractivity contribution in [2.45, 2.75) is 56.1 Å². The van der Waals surface area contributed by atoms with E-state index in [1.807, 2.05) is 11.9 Å². The molecule has 2 saturated heterocycles. The molecule has 0 radical (unpaired) electrons. The van der Waals surface area contributed by atoms with Crippen molar-refractivity contribution < 1.29 is 14.0 Å². The first-order valence-corrected chi connectivity index (χ1v) is 8.63. The third kappa shape index (κ3) is 2.69. The molecular weight excluding hydrogens is 309 g/mol. The van der Waals surface area contributed by atoms with Crippen LogP contribution in [0.15, 0.2) is 18.2 Å². The predicted molar refractivity (Wildman–Crippen MR) is 88.1 cm³/mol. The van der Waals surface area contributed by atoms with Gasteiger partial charge in [-0.1, -0.05) is 6.07 Å². The number of hydrogen-bond donors (Lipinski definition) is 2. The van der Waals surface area contributed by atoms with Gasteiger partial charge in [0.05, 0.1) is 5.92 Å². The Morgan fingerprint density at radius 3 is 2.67 bits per heavy atom. The lowest BCUT2D eigenvalue weighted by atomic mass is 9.88. The van der Waals surface area contributed by atoms with Gasteiger partial charge < -0.3 is 15.5 Å². The monoisotopic (exact) mass is 331 g/mol. The highest BCUT2D eigenvalue weighted by atomic mass is 19.1. The molecule has 2 N–H and O–H groups in total. The van der Waals surface area contributed by atoms with Crippen LogP contribution in [-0.2, 0) is 9.59 Å². The minimum atomic E-state index is -0.521. The molecule has 1 aromatic carbocycles. The molecular formula is C18H22FN3O2. The van der Waals surface area contributed by atoms with Crippen LogP contribution in [0.25, 0.3) is 0 Å². The number of anilines is 1. The van der Waals surface area contributed by atoms with E-state index in [4.69, 9.17) is 0 Å². The quantitative estimate of drug-likeness (QED) is 0.871. The SMILES string of the molecule is CN(C(=O)C1CC(=O)Nc2cc(F)ccc21)C1CC2CCC(C1)N2. The lowest BCUT2D eigenvalue weighted by molar-refractivity contribution is -0.136. The fraction of sp³-hybridized carbons (Fsp3) is 0.556. The summed E-state index contributed by atoms with van der Waals surface area (Å²) in [6.45, 7) is 0. The lowest BCUT2D eigenvalue weighted by Gasteiger charge is -2.38. The summed E-state index contributed by atoms with van der Waals surface area (Å²) in [6, 6.07) is 5.47. The van der Waals surface area contributed by atoms with Gasteiger partial charge in [-0.3, -0.25) is 9.59 Å². The van der Waals surface area contributed by atoms with Crippen molar-refractivity contribution >= 4 is 17.5 Å². The smallest absolute Gasteiger partial charge is 0.230 e. The van der Waals surface area contributed by atoms with Crippen molar-refractivity contribution in [1.82, 2.24) is 10.2 Å². The first kappa shape index (κ1) is 15.6. The average molecular weight is 331 g/mol. The van der Waals surface area contributed by atoms with E-state index in [-0.39, 0.29) is 24.3 Å². The number of benzene rings is 1. The first-order valence-electron chi connectivity index (χ1n) is 8.63. The molecule has 5 nitrogen and oxygen atoms in total. The molecule has 0 saturated carbocycles. The summed E-state index contributed by atoms with van der Waals surface area (Å²) in [5, 5.41) is 6.25. The zero-order chi connectivity index (χ0) is 16.8. The Labute approximate surface area is 140 Å². The molecule has 3 unspecified atom stereocenters. The van der Waals surface area contributed by atoms with E-state index < -0.39 is 11.7 Å². The van der Waals surface area contributed by atoms with E-state index >= 15 is 0 Å². The molecule has 1 aromatic rings.